The molecule has 0 saturated heterocycles. The molecule has 11 nitrogen and oxygen atoms in total. The maximum absolute atomic E-state index is 7.17. The van der Waals surface area contributed by atoms with Gasteiger partial charge in [-0.05, 0) is 83.0 Å². The highest BCUT2D eigenvalue weighted by atomic mass is 35.5. The van der Waals surface area contributed by atoms with E-state index in [-0.39, 0.29) is 42.6 Å². The summed E-state index contributed by atoms with van der Waals surface area (Å²) in [6.07, 6.45) is 2.70. The average Bonchev–Trinajstić information content (AvgIpc) is 3.33. The molecule has 69 heavy (non-hydrogen) atoms. The van der Waals surface area contributed by atoms with Crippen LogP contribution in [-0.4, -0.2) is 76.8 Å². The van der Waals surface area contributed by atoms with E-state index in [1.165, 1.54) is 45.8 Å². The van der Waals surface area contributed by atoms with Crippen molar-refractivity contribution in [2.75, 3.05) is 46.3 Å². The second-order valence-corrected chi connectivity index (χ2v) is 20.1. The summed E-state index contributed by atoms with van der Waals surface area (Å²) in [5.41, 5.74) is 24.4. The van der Waals surface area contributed by atoms with Crippen LogP contribution in [-0.2, 0) is 42.3 Å². The lowest BCUT2D eigenvalue weighted by Crippen LogP contribution is -2.42. The van der Waals surface area contributed by atoms with Gasteiger partial charge >= 0.3 is 0 Å². The van der Waals surface area contributed by atoms with E-state index in [9.17, 15) is 0 Å². The molecule has 0 saturated carbocycles. The molecule has 0 atom stereocenters. The van der Waals surface area contributed by atoms with Crippen LogP contribution < -0.4 is 27.8 Å². The highest BCUT2D eigenvalue weighted by molar-refractivity contribution is 8.14. The smallest absolute Gasteiger partial charge is 0.159 e. The van der Waals surface area contributed by atoms with Crippen molar-refractivity contribution in [2.45, 2.75) is 49.7 Å². The molecule has 2 heterocycles. The van der Waals surface area contributed by atoms with Gasteiger partial charge in [0.05, 0.1) is 26.7 Å². The van der Waals surface area contributed by atoms with Gasteiger partial charge in [-0.1, -0.05) is 192 Å². The van der Waals surface area contributed by atoms with Crippen molar-refractivity contribution in [3.63, 3.8) is 0 Å². The molecule has 0 radical (unpaired) electrons. The third-order valence-corrected chi connectivity index (χ3v) is 14.8. The molecule has 0 fully saturated rings. The van der Waals surface area contributed by atoms with Crippen LogP contribution in [0, 0.1) is 10.8 Å². The molecule has 20 heteroatoms. The monoisotopic (exact) mass is 1110 g/mol. The molecule has 0 unspecified atom stereocenters. The molecular formula is C49H64Cl5N11S4. The number of aliphatic imine (C=N–C) groups is 2. The molecule has 0 bridgehead atoms. The van der Waals surface area contributed by atoms with Crippen LogP contribution in [0.2, 0.25) is 15.1 Å². The van der Waals surface area contributed by atoms with Crippen LogP contribution in [0.3, 0.4) is 0 Å². The molecule has 5 aromatic rings. The summed E-state index contributed by atoms with van der Waals surface area (Å²) < 4.78 is 0. The zero-order valence-electron chi connectivity index (χ0n) is 37.6. The molecule has 2 aliphatic rings. The van der Waals surface area contributed by atoms with Gasteiger partial charge in [0.15, 0.2) is 20.7 Å². The number of halogens is 5. The van der Waals surface area contributed by atoms with Crippen molar-refractivity contribution >= 4 is 127 Å². The molecule has 0 amide bonds. The zero-order chi connectivity index (χ0) is 46.9. The number of rotatable bonds is 16. The van der Waals surface area contributed by atoms with E-state index < -0.39 is 0 Å². The maximum atomic E-state index is 7.17. The van der Waals surface area contributed by atoms with E-state index >= 15 is 0 Å². The van der Waals surface area contributed by atoms with Crippen LogP contribution in [0.5, 0.6) is 0 Å². The quantitative estimate of drug-likeness (QED) is 0.0369. The second kappa shape index (κ2) is 34.9. The number of thioether (sulfide) groups is 4. The minimum absolute atomic E-state index is 0. The van der Waals surface area contributed by atoms with E-state index in [4.69, 9.17) is 72.8 Å². The third-order valence-electron chi connectivity index (χ3n) is 10.2. The van der Waals surface area contributed by atoms with Gasteiger partial charge in [0.1, 0.15) is 0 Å². The lowest BCUT2D eigenvalue weighted by atomic mass is 10.1. The fourth-order valence-electron chi connectivity index (χ4n) is 6.49. The van der Waals surface area contributed by atoms with Crippen molar-refractivity contribution in [3.05, 3.63) is 175 Å². The van der Waals surface area contributed by atoms with Gasteiger partial charge in [-0.25, -0.2) is 9.98 Å². The maximum Gasteiger partial charge on any atom is 0.159 e. The first-order valence-corrected chi connectivity index (χ1v) is 26.4. The topological polar surface area (TPSA) is 181 Å². The van der Waals surface area contributed by atoms with E-state index in [0.717, 1.165) is 99.3 Å². The summed E-state index contributed by atoms with van der Waals surface area (Å²) >= 11 is 24.6. The summed E-state index contributed by atoms with van der Waals surface area (Å²) in [5.74, 6) is 3.14. The van der Waals surface area contributed by atoms with E-state index in [2.05, 4.69) is 56.8 Å². The number of benzene rings is 5. The van der Waals surface area contributed by atoms with Crippen LogP contribution >= 0.6 is 107 Å². The Balaban J connectivity index is 0.000000464. The lowest BCUT2D eigenvalue weighted by Gasteiger charge is -2.27. The number of hydrogen-bond donors (Lipinski definition) is 7. The standard InChI is InChI=1S/C30H34Cl2N6S2.C10H14N4S2.C8H10ClN.CH4.2ClH/c31-27-11-5-3-7-23(27)13-15-37-19-33-29(34-20-37)39-17-25-9-1-2-10-26(25)18-40-30-35-21-38(22-36-30)16-14-24-8-4-6-12-28(24)32;11-9(12)15-5-7-3-1-2-4-8(7)6-16-10(13)14;9-8-4-2-1-3-7(8)5-6-10;;;/h1-12H,13-22H2,(H,33,34)(H,35,36);1-4H,5-6H2,(H3,11,12)(H3,13,14);1-4H,5-6,10H2;1H4;2*1H. The fourth-order valence-corrected chi connectivity index (χ4v) is 10.1. The fraction of sp³-hybridized carbons (Fsp3) is 0.306. The Morgan fingerprint density at radius 3 is 1.10 bits per heavy atom. The highest BCUT2D eigenvalue weighted by Gasteiger charge is 2.16. The number of nitrogens with two attached hydrogens (primary N) is 3. The predicted octanol–water partition coefficient (Wildman–Crippen LogP) is 11.6. The highest BCUT2D eigenvalue weighted by Crippen LogP contribution is 2.25. The number of amidine groups is 4. The van der Waals surface area contributed by atoms with Crippen molar-refractivity contribution in [2.24, 2.45) is 27.2 Å². The molecule has 0 spiro atoms. The SMILES string of the molecule is C.Cl.Cl.Clc1ccccc1CCN1CN=C(SCc2ccccc2CSC2=NCN(CCc3ccccc3Cl)CN2)NC1.N=C(N)SCc1ccccc1CSC(=N)N.NCCc1ccccc1Cl. The molecule has 2 aliphatic heterocycles. The van der Waals surface area contributed by atoms with Crippen molar-refractivity contribution in [3.8, 4) is 0 Å². The Morgan fingerprint density at radius 2 is 0.812 bits per heavy atom. The van der Waals surface area contributed by atoms with Gasteiger partial charge in [-0.15, -0.1) is 24.8 Å². The molecule has 5 aromatic carbocycles. The van der Waals surface area contributed by atoms with Crippen molar-refractivity contribution in [1.82, 2.24) is 20.4 Å². The molecule has 10 N–H and O–H groups in total. The first-order valence-electron chi connectivity index (χ1n) is 21.3. The lowest BCUT2D eigenvalue weighted by molar-refractivity contribution is 0.270. The third kappa shape index (κ3) is 23.2. The minimum atomic E-state index is 0. The molecule has 7 rings (SSSR count). The minimum Gasteiger partial charge on any atom is -0.379 e. The molecule has 0 aromatic heterocycles. The summed E-state index contributed by atoms with van der Waals surface area (Å²) in [6.45, 7) is 5.52. The Morgan fingerprint density at radius 1 is 0.507 bits per heavy atom. The largest absolute Gasteiger partial charge is 0.379 e. The Labute approximate surface area is 453 Å². The summed E-state index contributed by atoms with van der Waals surface area (Å²) in [5, 5.41) is 26.0. The Kier molecular flexibility index (Phi) is 31.3. The number of nitrogens with one attached hydrogen (secondary N) is 4. The van der Waals surface area contributed by atoms with Gasteiger partial charge in [0.25, 0.3) is 0 Å². The van der Waals surface area contributed by atoms with Crippen LogP contribution in [0.15, 0.2) is 131 Å². The summed E-state index contributed by atoms with van der Waals surface area (Å²) in [4.78, 5) is 14.1. The van der Waals surface area contributed by atoms with Crippen molar-refractivity contribution in [1.29, 1.82) is 10.8 Å². The van der Waals surface area contributed by atoms with E-state index in [1.54, 1.807) is 23.5 Å². The van der Waals surface area contributed by atoms with Crippen LogP contribution in [0.25, 0.3) is 0 Å². The normalized spacial score (nSPS) is 13.1. The summed E-state index contributed by atoms with van der Waals surface area (Å²) in [6, 6.07) is 40.5. The van der Waals surface area contributed by atoms with Gasteiger partial charge in [0.2, 0.25) is 0 Å². The zero-order valence-corrected chi connectivity index (χ0v) is 44.7. The summed E-state index contributed by atoms with van der Waals surface area (Å²) in [7, 11) is 0. The number of nitrogens with zero attached hydrogens (tertiary/aromatic N) is 4. The van der Waals surface area contributed by atoms with Crippen LogP contribution in [0.1, 0.15) is 46.4 Å². The average molecular weight is 1110 g/mol. The Bertz CT molecular complexity index is 2240. The van der Waals surface area contributed by atoms with Gasteiger partial charge in [0, 0.05) is 51.2 Å². The van der Waals surface area contributed by atoms with E-state index in [1.807, 2.05) is 84.9 Å². The van der Waals surface area contributed by atoms with E-state index in [0.29, 0.717) is 31.4 Å². The first kappa shape index (κ1) is 61.8. The van der Waals surface area contributed by atoms with Gasteiger partial charge < -0.3 is 27.8 Å². The first-order chi connectivity index (χ1) is 32.1. The number of hydrogen-bond acceptors (Lipinski definition) is 13. The molecular weight excluding hydrogens is 1050 g/mol. The molecule has 374 valence electrons. The van der Waals surface area contributed by atoms with Crippen molar-refractivity contribution < 1.29 is 0 Å². The second-order valence-electron chi connectivity index (χ2n) is 14.9. The van der Waals surface area contributed by atoms with Crippen LogP contribution in [0.4, 0.5) is 0 Å². The van der Waals surface area contributed by atoms with Gasteiger partial charge in [-0.2, -0.15) is 0 Å². The predicted molar refractivity (Wildman–Crippen MR) is 312 cm³/mol. The Hall–Kier alpha value is -3.29. The van der Waals surface area contributed by atoms with Gasteiger partial charge in [-0.3, -0.25) is 20.6 Å². The molecule has 0 aliphatic carbocycles.